The van der Waals surface area contributed by atoms with Crippen LogP contribution in [0.4, 0.5) is 4.79 Å². The summed E-state index contributed by atoms with van der Waals surface area (Å²) in [6.07, 6.45) is 0. The molecule has 106 valence electrons. The zero-order valence-corrected chi connectivity index (χ0v) is 12.9. The lowest BCUT2D eigenvalue weighted by atomic mass is 10.2. The molecule has 0 bridgehead atoms. The van der Waals surface area contributed by atoms with Gasteiger partial charge in [0.2, 0.25) is 0 Å². The standard InChI is InChI=1S/C13H19BrN2O3/c1-9(8-17)16(2)13(18)15-7-10-6-11(14)4-5-12(10)19-3/h4-6,9,17H,7-8H2,1-3H3,(H,15,18). The molecule has 5 nitrogen and oxygen atoms in total. The lowest BCUT2D eigenvalue weighted by Crippen LogP contribution is -2.43. The maximum absolute atomic E-state index is 11.9. The largest absolute Gasteiger partial charge is 0.496 e. The number of carbonyl (C=O) groups excluding carboxylic acids is 1. The quantitative estimate of drug-likeness (QED) is 0.867. The first kappa shape index (κ1) is 15.8. The van der Waals surface area contributed by atoms with Crippen LogP contribution in [-0.2, 0) is 6.54 Å². The molecule has 0 aliphatic heterocycles. The van der Waals surface area contributed by atoms with E-state index < -0.39 is 0 Å². The Morgan fingerprint density at radius 2 is 2.26 bits per heavy atom. The van der Waals surface area contributed by atoms with Gasteiger partial charge in [0.05, 0.1) is 19.8 Å². The van der Waals surface area contributed by atoms with Crippen molar-refractivity contribution in [1.82, 2.24) is 10.2 Å². The first-order chi connectivity index (χ1) is 8.99. The Balaban J connectivity index is 2.66. The highest BCUT2D eigenvalue weighted by atomic mass is 79.9. The van der Waals surface area contributed by atoms with E-state index in [1.165, 1.54) is 4.90 Å². The molecule has 2 N–H and O–H groups in total. The minimum Gasteiger partial charge on any atom is -0.496 e. The Morgan fingerprint density at radius 1 is 1.58 bits per heavy atom. The van der Waals surface area contributed by atoms with E-state index >= 15 is 0 Å². The summed E-state index contributed by atoms with van der Waals surface area (Å²) in [5.74, 6) is 0.723. The van der Waals surface area contributed by atoms with Gasteiger partial charge in [0, 0.05) is 23.6 Å². The fraction of sp³-hybridized carbons (Fsp3) is 0.462. The maximum Gasteiger partial charge on any atom is 0.317 e. The molecule has 6 heteroatoms. The van der Waals surface area contributed by atoms with E-state index in [0.717, 1.165) is 15.8 Å². The van der Waals surface area contributed by atoms with Gasteiger partial charge >= 0.3 is 6.03 Å². The van der Waals surface area contributed by atoms with Gasteiger partial charge in [-0.15, -0.1) is 0 Å². The third kappa shape index (κ3) is 4.40. The number of nitrogens with zero attached hydrogens (tertiary/aromatic N) is 1. The van der Waals surface area contributed by atoms with Crippen LogP contribution in [0.5, 0.6) is 5.75 Å². The molecule has 1 aromatic carbocycles. The zero-order valence-electron chi connectivity index (χ0n) is 11.3. The third-order valence-corrected chi connectivity index (χ3v) is 3.41. The number of methoxy groups -OCH3 is 1. The van der Waals surface area contributed by atoms with Gasteiger partial charge < -0.3 is 20.1 Å². The topological polar surface area (TPSA) is 61.8 Å². The molecule has 0 heterocycles. The molecule has 0 aromatic heterocycles. The van der Waals surface area contributed by atoms with Crippen molar-refractivity contribution in [3.63, 3.8) is 0 Å². The number of hydrogen-bond donors (Lipinski definition) is 2. The Morgan fingerprint density at radius 3 is 2.84 bits per heavy atom. The van der Waals surface area contributed by atoms with Crippen molar-refractivity contribution in [2.45, 2.75) is 19.5 Å². The fourth-order valence-electron chi connectivity index (χ4n) is 1.50. The average Bonchev–Trinajstić information content (AvgIpc) is 2.43. The van der Waals surface area contributed by atoms with Crippen LogP contribution in [-0.4, -0.2) is 42.8 Å². The molecular weight excluding hydrogens is 312 g/mol. The number of urea groups is 1. The minimum atomic E-state index is -0.233. The van der Waals surface area contributed by atoms with Gasteiger partial charge in [0.25, 0.3) is 0 Å². The van der Waals surface area contributed by atoms with E-state index in [-0.39, 0.29) is 18.7 Å². The summed E-state index contributed by atoms with van der Waals surface area (Å²) in [6.45, 7) is 2.08. The number of rotatable bonds is 5. The summed E-state index contributed by atoms with van der Waals surface area (Å²) < 4.78 is 6.16. The number of benzene rings is 1. The summed E-state index contributed by atoms with van der Waals surface area (Å²) in [7, 11) is 3.24. The van der Waals surface area contributed by atoms with Gasteiger partial charge in [-0.05, 0) is 25.1 Å². The molecule has 0 aliphatic rings. The first-order valence-electron chi connectivity index (χ1n) is 5.93. The maximum atomic E-state index is 11.9. The fourth-order valence-corrected chi connectivity index (χ4v) is 1.91. The van der Waals surface area contributed by atoms with Crippen molar-refractivity contribution in [2.24, 2.45) is 0 Å². The Hall–Kier alpha value is -1.27. The van der Waals surface area contributed by atoms with Crippen molar-refractivity contribution in [1.29, 1.82) is 0 Å². The van der Waals surface area contributed by atoms with Gasteiger partial charge in [0.15, 0.2) is 0 Å². The van der Waals surface area contributed by atoms with Crippen LogP contribution in [0.15, 0.2) is 22.7 Å². The summed E-state index contributed by atoms with van der Waals surface area (Å²) in [5, 5.41) is 11.8. The molecule has 1 rings (SSSR count). The molecule has 2 amide bonds. The summed E-state index contributed by atoms with van der Waals surface area (Å²) in [6, 6.07) is 5.16. The number of likely N-dealkylation sites (N-methyl/N-ethyl adjacent to an activating group) is 1. The monoisotopic (exact) mass is 330 g/mol. The predicted molar refractivity (Wildman–Crippen MR) is 77.2 cm³/mol. The van der Waals surface area contributed by atoms with Crippen LogP contribution in [0, 0.1) is 0 Å². The SMILES string of the molecule is COc1ccc(Br)cc1CNC(=O)N(C)C(C)CO. The Labute approximate surface area is 121 Å². The van der Waals surface area contributed by atoms with Crippen LogP contribution < -0.4 is 10.1 Å². The molecule has 0 saturated heterocycles. The molecule has 0 fully saturated rings. The first-order valence-corrected chi connectivity index (χ1v) is 6.72. The number of nitrogens with one attached hydrogen (secondary N) is 1. The predicted octanol–water partition coefficient (Wildman–Crippen LogP) is 1.98. The van der Waals surface area contributed by atoms with Gasteiger partial charge in [0.1, 0.15) is 5.75 Å². The van der Waals surface area contributed by atoms with Crippen LogP contribution in [0.2, 0.25) is 0 Å². The third-order valence-electron chi connectivity index (χ3n) is 2.92. The number of hydrogen-bond acceptors (Lipinski definition) is 3. The van der Waals surface area contributed by atoms with Gasteiger partial charge in [-0.3, -0.25) is 0 Å². The van der Waals surface area contributed by atoms with Crippen LogP contribution in [0.25, 0.3) is 0 Å². The lowest BCUT2D eigenvalue weighted by molar-refractivity contribution is 0.157. The minimum absolute atomic E-state index is 0.0654. The highest BCUT2D eigenvalue weighted by Crippen LogP contribution is 2.22. The number of halogens is 1. The van der Waals surface area contributed by atoms with Crippen molar-refractivity contribution in [3.05, 3.63) is 28.2 Å². The highest BCUT2D eigenvalue weighted by Gasteiger charge is 2.15. The van der Waals surface area contributed by atoms with E-state index in [4.69, 9.17) is 9.84 Å². The van der Waals surface area contributed by atoms with Crippen molar-refractivity contribution in [2.75, 3.05) is 20.8 Å². The van der Waals surface area contributed by atoms with E-state index in [2.05, 4.69) is 21.2 Å². The number of ether oxygens (including phenoxy) is 1. The molecule has 1 unspecified atom stereocenters. The van der Waals surface area contributed by atoms with Crippen LogP contribution in [0.3, 0.4) is 0 Å². The molecule has 0 spiro atoms. The van der Waals surface area contributed by atoms with Gasteiger partial charge in [-0.2, -0.15) is 0 Å². The van der Waals surface area contributed by atoms with Gasteiger partial charge in [-0.1, -0.05) is 15.9 Å². The van der Waals surface area contributed by atoms with Crippen molar-refractivity contribution >= 4 is 22.0 Å². The van der Waals surface area contributed by atoms with Crippen LogP contribution >= 0.6 is 15.9 Å². The number of aliphatic hydroxyl groups is 1. The normalized spacial score (nSPS) is 11.8. The second kappa shape index (κ2) is 7.35. The van der Waals surface area contributed by atoms with E-state index in [1.807, 2.05) is 18.2 Å². The summed E-state index contributed by atoms with van der Waals surface area (Å²) >= 11 is 3.38. The average molecular weight is 331 g/mol. The number of amides is 2. The molecular formula is C13H19BrN2O3. The molecule has 0 radical (unpaired) electrons. The summed E-state index contributed by atoms with van der Waals surface area (Å²) in [5.41, 5.74) is 0.885. The molecule has 1 aromatic rings. The Bertz CT molecular complexity index is 440. The van der Waals surface area contributed by atoms with Crippen LogP contribution in [0.1, 0.15) is 12.5 Å². The molecule has 1 atom stereocenters. The summed E-state index contributed by atoms with van der Waals surface area (Å²) in [4.78, 5) is 13.3. The number of aliphatic hydroxyl groups excluding tert-OH is 1. The van der Waals surface area contributed by atoms with Gasteiger partial charge in [-0.25, -0.2) is 4.79 Å². The Kier molecular flexibility index (Phi) is 6.11. The lowest BCUT2D eigenvalue weighted by Gasteiger charge is -2.23. The molecule has 0 saturated carbocycles. The van der Waals surface area contributed by atoms with Crippen molar-refractivity contribution in [3.8, 4) is 5.75 Å². The van der Waals surface area contributed by atoms with E-state index in [9.17, 15) is 4.79 Å². The molecule has 19 heavy (non-hydrogen) atoms. The molecule has 0 aliphatic carbocycles. The second-order valence-corrected chi connectivity index (χ2v) is 5.17. The number of carbonyl (C=O) groups is 1. The van der Waals surface area contributed by atoms with Crippen molar-refractivity contribution < 1.29 is 14.6 Å². The van der Waals surface area contributed by atoms with E-state index in [0.29, 0.717) is 6.54 Å². The zero-order chi connectivity index (χ0) is 14.4. The highest BCUT2D eigenvalue weighted by molar-refractivity contribution is 9.10. The second-order valence-electron chi connectivity index (χ2n) is 4.26. The van der Waals surface area contributed by atoms with E-state index in [1.54, 1.807) is 21.1 Å². The smallest absolute Gasteiger partial charge is 0.317 e.